The molecule has 0 bridgehead atoms. The number of carbonyl (C=O) groups excluding carboxylic acids is 2. The first-order chi connectivity index (χ1) is 9.35. The number of amides is 1. The zero-order chi connectivity index (χ0) is 15.3. The Kier molecular flexibility index (Phi) is 5.14. The van der Waals surface area contributed by atoms with Gasteiger partial charge in [-0.1, -0.05) is 12.6 Å². The smallest absolute Gasteiger partial charge is 0.328 e. The van der Waals surface area contributed by atoms with Crippen molar-refractivity contribution in [1.29, 1.82) is 0 Å². The number of phenols is 2. The Balaban J connectivity index is 2.89. The zero-order valence-electron chi connectivity index (χ0n) is 11.3. The molecule has 20 heavy (non-hydrogen) atoms. The number of methoxy groups -OCH3 is 1. The normalized spacial score (nSPS) is 11.5. The van der Waals surface area contributed by atoms with Crippen molar-refractivity contribution in [2.24, 2.45) is 0 Å². The number of phenolic OH excluding ortho intramolecular Hbond substituents is 2. The highest BCUT2D eigenvalue weighted by molar-refractivity contribution is 5.95. The fourth-order valence-corrected chi connectivity index (χ4v) is 1.55. The highest BCUT2D eigenvalue weighted by Gasteiger charge is 2.22. The molecule has 0 aliphatic heterocycles. The molecule has 6 nitrogen and oxygen atoms in total. The summed E-state index contributed by atoms with van der Waals surface area (Å²) < 4.78 is 4.62. The minimum atomic E-state index is -0.895. The molecule has 0 aromatic heterocycles. The van der Waals surface area contributed by atoms with Gasteiger partial charge >= 0.3 is 5.97 Å². The molecule has 1 amide bonds. The van der Waals surface area contributed by atoms with E-state index in [-0.39, 0.29) is 23.5 Å². The Hall–Kier alpha value is -2.50. The minimum absolute atomic E-state index is 0.125. The molecule has 1 rings (SSSR count). The third-order valence-electron chi connectivity index (χ3n) is 2.66. The monoisotopic (exact) mass is 279 g/mol. The molecule has 0 spiro atoms. The summed E-state index contributed by atoms with van der Waals surface area (Å²) in [5.74, 6) is -1.61. The maximum Gasteiger partial charge on any atom is 0.328 e. The predicted molar refractivity (Wildman–Crippen MR) is 72.2 cm³/mol. The number of nitrogens with one attached hydrogen (secondary N) is 1. The summed E-state index contributed by atoms with van der Waals surface area (Å²) in [7, 11) is 1.22. The van der Waals surface area contributed by atoms with Crippen LogP contribution in [0.2, 0.25) is 0 Å². The van der Waals surface area contributed by atoms with E-state index in [0.29, 0.717) is 5.56 Å². The summed E-state index contributed by atoms with van der Waals surface area (Å²) >= 11 is 0. The van der Waals surface area contributed by atoms with Crippen molar-refractivity contribution in [1.82, 2.24) is 5.32 Å². The molecular weight excluding hydrogens is 262 g/mol. The van der Waals surface area contributed by atoms with E-state index >= 15 is 0 Å². The van der Waals surface area contributed by atoms with Gasteiger partial charge in [0.1, 0.15) is 6.04 Å². The SMILES string of the molecule is C=C(C)C(=O)NC(Cc1ccc(O)c(O)c1)C(=O)OC. The molecule has 0 saturated heterocycles. The van der Waals surface area contributed by atoms with Crippen molar-refractivity contribution in [2.75, 3.05) is 7.11 Å². The lowest BCUT2D eigenvalue weighted by Gasteiger charge is -2.16. The van der Waals surface area contributed by atoms with Gasteiger partial charge in [-0.15, -0.1) is 0 Å². The quantitative estimate of drug-likeness (QED) is 0.422. The molecule has 0 radical (unpaired) electrons. The fraction of sp³-hybridized carbons (Fsp3) is 0.286. The summed E-state index contributed by atoms with van der Waals surface area (Å²) in [5, 5.41) is 21.1. The molecule has 1 aromatic rings. The van der Waals surface area contributed by atoms with E-state index in [2.05, 4.69) is 16.6 Å². The van der Waals surface area contributed by atoms with Gasteiger partial charge in [0.15, 0.2) is 11.5 Å². The number of carbonyl (C=O) groups is 2. The van der Waals surface area contributed by atoms with E-state index in [9.17, 15) is 19.8 Å². The Labute approximate surface area is 116 Å². The summed E-state index contributed by atoms with van der Waals surface area (Å²) in [5.41, 5.74) is 0.838. The van der Waals surface area contributed by atoms with E-state index in [1.165, 1.54) is 32.2 Å². The van der Waals surface area contributed by atoms with Crippen LogP contribution < -0.4 is 5.32 Å². The first-order valence-electron chi connectivity index (χ1n) is 5.90. The van der Waals surface area contributed by atoms with Gasteiger partial charge in [0.2, 0.25) is 5.91 Å². The van der Waals surface area contributed by atoms with Crippen LogP contribution in [-0.2, 0) is 20.7 Å². The van der Waals surface area contributed by atoms with Crippen LogP contribution in [0.1, 0.15) is 12.5 Å². The third-order valence-corrected chi connectivity index (χ3v) is 2.66. The lowest BCUT2D eigenvalue weighted by atomic mass is 10.0. The summed E-state index contributed by atoms with van der Waals surface area (Å²) in [6.45, 7) is 5.01. The van der Waals surface area contributed by atoms with Crippen LogP contribution in [0, 0.1) is 0 Å². The molecule has 0 saturated carbocycles. The Morgan fingerprint density at radius 3 is 2.50 bits per heavy atom. The van der Waals surface area contributed by atoms with Crippen molar-refractivity contribution in [3.8, 4) is 11.5 Å². The summed E-state index contributed by atoms with van der Waals surface area (Å²) in [6, 6.07) is 3.27. The third kappa shape index (κ3) is 4.01. The molecule has 1 aromatic carbocycles. The van der Waals surface area contributed by atoms with E-state index in [1.807, 2.05) is 0 Å². The molecule has 0 aliphatic rings. The average Bonchev–Trinajstić information content (AvgIpc) is 2.40. The Morgan fingerprint density at radius 1 is 1.35 bits per heavy atom. The van der Waals surface area contributed by atoms with Gasteiger partial charge in [-0.25, -0.2) is 4.79 Å². The minimum Gasteiger partial charge on any atom is -0.504 e. The zero-order valence-corrected chi connectivity index (χ0v) is 11.3. The van der Waals surface area contributed by atoms with Crippen LogP contribution in [0.4, 0.5) is 0 Å². The molecule has 108 valence electrons. The maximum absolute atomic E-state index is 11.6. The van der Waals surface area contributed by atoms with Crippen molar-refractivity contribution in [3.05, 3.63) is 35.9 Å². The number of esters is 1. The second kappa shape index (κ2) is 6.60. The number of benzene rings is 1. The van der Waals surface area contributed by atoms with E-state index in [1.54, 1.807) is 0 Å². The van der Waals surface area contributed by atoms with E-state index in [0.717, 1.165) is 0 Å². The molecule has 0 aliphatic carbocycles. The maximum atomic E-state index is 11.6. The number of rotatable bonds is 5. The lowest BCUT2D eigenvalue weighted by Crippen LogP contribution is -2.43. The van der Waals surface area contributed by atoms with E-state index < -0.39 is 17.9 Å². The second-order valence-corrected chi connectivity index (χ2v) is 4.36. The van der Waals surface area contributed by atoms with Crippen molar-refractivity contribution in [2.45, 2.75) is 19.4 Å². The van der Waals surface area contributed by atoms with Crippen molar-refractivity contribution >= 4 is 11.9 Å². The number of ether oxygens (including phenoxy) is 1. The van der Waals surface area contributed by atoms with Gasteiger partial charge in [-0.05, 0) is 24.6 Å². The summed E-state index contributed by atoms with van der Waals surface area (Å²) in [6.07, 6.45) is 0.125. The molecule has 3 N–H and O–H groups in total. The fourth-order valence-electron chi connectivity index (χ4n) is 1.55. The van der Waals surface area contributed by atoms with Crippen LogP contribution in [-0.4, -0.2) is 35.2 Å². The Bertz CT molecular complexity index is 538. The molecule has 0 fully saturated rings. The Morgan fingerprint density at radius 2 is 2.00 bits per heavy atom. The van der Waals surface area contributed by atoms with E-state index in [4.69, 9.17) is 0 Å². The number of hydrogen-bond acceptors (Lipinski definition) is 5. The van der Waals surface area contributed by atoms with Gasteiger partial charge in [-0.2, -0.15) is 0 Å². The van der Waals surface area contributed by atoms with Gasteiger partial charge < -0.3 is 20.3 Å². The van der Waals surface area contributed by atoms with Crippen molar-refractivity contribution < 1.29 is 24.5 Å². The first kappa shape index (κ1) is 15.6. The molecule has 1 unspecified atom stereocenters. The van der Waals surface area contributed by atoms with Crippen LogP contribution >= 0.6 is 0 Å². The van der Waals surface area contributed by atoms with Crippen LogP contribution in [0.5, 0.6) is 11.5 Å². The highest BCUT2D eigenvalue weighted by Crippen LogP contribution is 2.25. The van der Waals surface area contributed by atoms with Crippen LogP contribution in [0.15, 0.2) is 30.4 Å². The lowest BCUT2D eigenvalue weighted by molar-refractivity contribution is -0.144. The standard InChI is InChI=1S/C14H17NO5/c1-8(2)13(18)15-10(14(19)20-3)6-9-4-5-11(16)12(17)7-9/h4-5,7,10,16-17H,1,6H2,2-3H3,(H,15,18). The molecule has 0 heterocycles. The molecule has 6 heteroatoms. The van der Waals surface area contributed by atoms with Crippen LogP contribution in [0.25, 0.3) is 0 Å². The highest BCUT2D eigenvalue weighted by atomic mass is 16.5. The number of aromatic hydroxyl groups is 2. The van der Waals surface area contributed by atoms with Gasteiger partial charge in [0, 0.05) is 12.0 Å². The van der Waals surface area contributed by atoms with Crippen LogP contribution in [0.3, 0.4) is 0 Å². The molecular formula is C14H17NO5. The van der Waals surface area contributed by atoms with Gasteiger partial charge in [-0.3, -0.25) is 4.79 Å². The average molecular weight is 279 g/mol. The topological polar surface area (TPSA) is 95.9 Å². The van der Waals surface area contributed by atoms with Crippen molar-refractivity contribution in [3.63, 3.8) is 0 Å². The largest absolute Gasteiger partial charge is 0.504 e. The molecule has 1 atom stereocenters. The van der Waals surface area contributed by atoms with Gasteiger partial charge in [0.25, 0.3) is 0 Å². The predicted octanol–water partition coefficient (Wildman–Crippen LogP) is 0.874. The number of hydrogen-bond donors (Lipinski definition) is 3. The summed E-state index contributed by atoms with van der Waals surface area (Å²) in [4.78, 5) is 23.2. The second-order valence-electron chi connectivity index (χ2n) is 4.36. The first-order valence-corrected chi connectivity index (χ1v) is 5.90. The van der Waals surface area contributed by atoms with Gasteiger partial charge in [0.05, 0.1) is 7.11 Å².